The molecule has 1 fully saturated rings. The van der Waals surface area contributed by atoms with Gasteiger partial charge < -0.3 is 15.4 Å². The normalized spacial score (nSPS) is 28.0. The van der Waals surface area contributed by atoms with E-state index in [0.29, 0.717) is 0 Å². The summed E-state index contributed by atoms with van der Waals surface area (Å²) >= 11 is 0. The van der Waals surface area contributed by atoms with Crippen LogP contribution in [0, 0.1) is 11.2 Å². The highest BCUT2D eigenvalue weighted by molar-refractivity contribution is 5.46. The first-order chi connectivity index (χ1) is 9.30. The molecule has 2 unspecified atom stereocenters. The quantitative estimate of drug-likeness (QED) is 0.901. The molecular formula is C16H25FN2O. The second-order valence-electron chi connectivity index (χ2n) is 6.36. The number of nitrogens with two attached hydrogens (primary N) is 1. The van der Waals surface area contributed by atoms with Gasteiger partial charge in [0.25, 0.3) is 0 Å². The third-order valence-corrected chi connectivity index (χ3v) is 4.79. The van der Waals surface area contributed by atoms with Crippen LogP contribution in [0.4, 0.5) is 10.1 Å². The van der Waals surface area contributed by atoms with Crippen LogP contribution < -0.4 is 10.6 Å². The molecule has 1 aromatic carbocycles. The number of benzene rings is 1. The molecule has 112 valence electrons. The van der Waals surface area contributed by atoms with Crippen LogP contribution in [0.25, 0.3) is 0 Å². The van der Waals surface area contributed by atoms with Crippen LogP contribution in [0.3, 0.4) is 0 Å². The molecule has 0 aliphatic heterocycles. The highest BCUT2D eigenvalue weighted by Crippen LogP contribution is 2.50. The topological polar surface area (TPSA) is 38.5 Å². The molecule has 2 rings (SSSR count). The summed E-state index contributed by atoms with van der Waals surface area (Å²) in [5, 5.41) is 0. The van der Waals surface area contributed by atoms with Crippen molar-refractivity contribution < 1.29 is 9.13 Å². The van der Waals surface area contributed by atoms with Crippen molar-refractivity contribution in [2.45, 2.75) is 38.8 Å². The molecule has 0 aromatic heterocycles. The molecule has 0 saturated heterocycles. The number of hydrogen-bond donors (Lipinski definition) is 1. The minimum absolute atomic E-state index is 0.0582. The van der Waals surface area contributed by atoms with Crippen molar-refractivity contribution in [2.75, 3.05) is 25.1 Å². The molecule has 1 aliphatic rings. The van der Waals surface area contributed by atoms with Crippen LogP contribution >= 0.6 is 0 Å². The van der Waals surface area contributed by atoms with Gasteiger partial charge in [0, 0.05) is 36.8 Å². The Morgan fingerprint density at radius 3 is 2.45 bits per heavy atom. The number of anilines is 1. The van der Waals surface area contributed by atoms with E-state index in [1.165, 1.54) is 12.1 Å². The average molecular weight is 280 g/mol. The third kappa shape index (κ3) is 2.54. The van der Waals surface area contributed by atoms with Gasteiger partial charge in [-0.05, 0) is 37.6 Å². The maximum absolute atomic E-state index is 13.0. The average Bonchev–Trinajstić information content (AvgIpc) is 2.39. The van der Waals surface area contributed by atoms with Crippen LogP contribution in [0.15, 0.2) is 24.3 Å². The molecule has 2 atom stereocenters. The second kappa shape index (κ2) is 5.34. The van der Waals surface area contributed by atoms with E-state index in [1.54, 1.807) is 12.1 Å². The largest absolute Gasteiger partial charge is 0.378 e. The van der Waals surface area contributed by atoms with Crippen LogP contribution in [-0.4, -0.2) is 31.8 Å². The Labute approximate surface area is 120 Å². The molecule has 0 radical (unpaired) electrons. The molecule has 2 N–H and O–H groups in total. The molecule has 0 amide bonds. The summed E-state index contributed by atoms with van der Waals surface area (Å²) in [4.78, 5) is 2.09. The number of halogens is 1. The number of rotatable bonds is 5. The predicted octanol–water partition coefficient (Wildman–Crippen LogP) is 2.79. The lowest BCUT2D eigenvalue weighted by atomic mass is 9.54. The van der Waals surface area contributed by atoms with E-state index in [4.69, 9.17) is 10.5 Å². The van der Waals surface area contributed by atoms with E-state index in [-0.39, 0.29) is 22.9 Å². The fourth-order valence-corrected chi connectivity index (χ4v) is 2.99. The first-order valence-corrected chi connectivity index (χ1v) is 7.17. The first kappa shape index (κ1) is 15.3. The number of nitrogens with zero attached hydrogens (tertiary/aromatic N) is 1. The highest BCUT2D eigenvalue weighted by atomic mass is 19.1. The van der Waals surface area contributed by atoms with Crippen molar-refractivity contribution >= 4 is 5.69 Å². The summed E-state index contributed by atoms with van der Waals surface area (Å²) in [6.45, 7) is 7.79. The number of likely N-dealkylation sites (N-methyl/N-ethyl adjacent to an activating group) is 1. The monoisotopic (exact) mass is 280 g/mol. The van der Waals surface area contributed by atoms with Gasteiger partial charge in [0.2, 0.25) is 0 Å². The highest BCUT2D eigenvalue weighted by Gasteiger charge is 2.58. The lowest BCUT2D eigenvalue weighted by Gasteiger charge is -2.60. The Balaban J connectivity index is 2.04. The number of hydrogen-bond acceptors (Lipinski definition) is 3. The van der Waals surface area contributed by atoms with Gasteiger partial charge in [0.1, 0.15) is 5.82 Å². The van der Waals surface area contributed by atoms with Gasteiger partial charge >= 0.3 is 0 Å². The smallest absolute Gasteiger partial charge is 0.123 e. The van der Waals surface area contributed by atoms with E-state index >= 15 is 0 Å². The van der Waals surface area contributed by atoms with Gasteiger partial charge in [-0.2, -0.15) is 0 Å². The number of ether oxygens (including phenoxy) is 1. The fourth-order valence-electron chi connectivity index (χ4n) is 2.99. The summed E-state index contributed by atoms with van der Waals surface area (Å²) < 4.78 is 18.7. The molecule has 0 spiro atoms. The molecule has 4 heteroatoms. The molecule has 0 heterocycles. The van der Waals surface area contributed by atoms with Gasteiger partial charge in [-0.3, -0.25) is 0 Å². The Hall–Kier alpha value is -1.13. The maximum Gasteiger partial charge on any atom is 0.123 e. The molecule has 20 heavy (non-hydrogen) atoms. The Bertz CT molecular complexity index is 460. The lowest BCUT2D eigenvalue weighted by molar-refractivity contribution is -0.145. The zero-order valence-corrected chi connectivity index (χ0v) is 12.8. The van der Waals surface area contributed by atoms with Crippen molar-refractivity contribution in [2.24, 2.45) is 11.1 Å². The maximum atomic E-state index is 13.0. The Kier molecular flexibility index (Phi) is 4.07. The summed E-state index contributed by atoms with van der Waals surface area (Å²) in [5.74, 6) is -0.218. The van der Waals surface area contributed by atoms with E-state index in [1.807, 2.05) is 14.0 Å². The van der Waals surface area contributed by atoms with Crippen molar-refractivity contribution in [3.63, 3.8) is 0 Å². The predicted molar refractivity (Wildman–Crippen MR) is 80.4 cm³/mol. The van der Waals surface area contributed by atoms with Gasteiger partial charge in [-0.1, -0.05) is 13.8 Å². The van der Waals surface area contributed by atoms with Gasteiger partial charge in [-0.15, -0.1) is 0 Å². The van der Waals surface area contributed by atoms with E-state index < -0.39 is 0 Å². The Morgan fingerprint density at radius 2 is 1.95 bits per heavy atom. The summed E-state index contributed by atoms with van der Waals surface area (Å²) in [6, 6.07) is 6.52. The zero-order chi connectivity index (χ0) is 15.0. The van der Waals surface area contributed by atoms with E-state index in [9.17, 15) is 4.39 Å². The molecular weight excluding hydrogens is 255 g/mol. The van der Waals surface area contributed by atoms with Crippen LogP contribution in [0.1, 0.15) is 27.2 Å². The first-order valence-electron chi connectivity index (χ1n) is 7.17. The minimum Gasteiger partial charge on any atom is -0.378 e. The second-order valence-corrected chi connectivity index (χ2v) is 6.36. The third-order valence-electron chi connectivity index (χ3n) is 4.79. The molecule has 1 aromatic rings. The Morgan fingerprint density at radius 1 is 1.35 bits per heavy atom. The van der Waals surface area contributed by atoms with Crippen molar-refractivity contribution in [1.82, 2.24) is 0 Å². The van der Waals surface area contributed by atoms with Crippen molar-refractivity contribution in [1.29, 1.82) is 0 Å². The molecule has 0 bridgehead atoms. The van der Waals surface area contributed by atoms with Gasteiger partial charge in [0.05, 0.1) is 6.10 Å². The summed E-state index contributed by atoms with van der Waals surface area (Å²) in [7, 11) is 1.99. The van der Waals surface area contributed by atoms with Gasteiger partial charge in [-0.25, -0.2) is 4.39 Å². The van der Waals surface area contributed by atoms with E-state index in [2.05, 4.69) is 18.7 Å². The van der Waals surface area contributed by atoms with E-state index in [0.717, 1.165) is 25.3 Å². The molecule has 1 saturated carbocycles. The van der Waals surface area contributed by atoms with Crippen LogP contribution in [0.2, 0.25) is 0 Å². The molecule has 3 nitrogen and oxygen atoms in total. The SMILES string of the molecule is CCOC1CC(N)(CN(C)c2ccc(F)cc2)C1(C)C. The summed E-state index contributed by atoms with van der Waals surface area (Å²) in [6.07, 6.45) is 1.08. The van der Waals surface area contributed by atoms with Gasteiger partial charge in [0.15, 0.2) is 0 Å². The van der Waals surface area contributed by atoms with Crippen molar-refractivity contribution in [3.8, 4) is 0 Å². The standard InChI is InChI=1S/C16H25FN2O/c1-5-20-14-10-16(18,15(14,2)3)11-19(4)13-8-6-12(17)7-9-13/h6-9,14H,5,10-11,18H2,1-4H3. The lowest BCUT2D eigenvalue weighted by Crippen LogP contribution is -2.73. The minimum atomic E-state index is -0.282. The molecule has 1 aliphatic carbocycles. The van der Waals surface area contributed by atoms with Crippen molar-refractivity contribution in [3.05, 3.63) is 30.1 Å². The van der Waals surface area contributed by atoms with Crippen LogP contribution in [0.5, 0.6) is 0 Å². The fraction of sp³-hybridized carbons (Fsp3) is 0.625. The summed E-state index contributed by atoms with van der Waals surface area (Å²) in [5.41, 5.74) is 7.21. The zero-order valence-electron chi connectivity index (χ0n) is 12.8. The van der Waals surface area contributed by atoms with Crippen LogP contribution in [-0.2, 0) is 4.74 Å².